The van der Waals surface area contributed by atoms with Crippen LogP contribution in [-0.2, 0) is 16.1 Å². The molecule has 3 aromatic carbocycles. The Morgan fingerprint density at radius 3 is 2.44 bits per heavy atom. The number of non-ortho nitro benzene ring substituents is 2. The highest BCUT2D eigenvalue weighted by Crippen LogP contribution is 2.35. The number of para-hydroxylation sites is 1. The van der Waals surface area contributed by atoms with Crippen LogP contribution in [0.3, 0.4) is 0 Å². The summed E-state index contributed by atoms with van der Waals surface area (Å²) in [7, 11) is 1.45. The number of benzene rings is 3. The monoisotopic (exact) mass is 509 g/mol. The van der Waals surface area contributed by atoms with Crippen LogP contribution < -0.4 is 9.47 Å². The first-order valence-corrected chi connectivity index (χ1v) is 10.6. The molecule has 1 aliphatic rings. The van der Waals surface area contributed by atoms with Crippen LogP contribution in [-0.4, -0.2) is 28.8 Å². The zero-order chi connectivity index (χ0) is 25.8. The summed E-state index contributed by atoms with van der Waals surface area (Å²) in [6, 6.07) is 14.7. The molecule has 0 amide bonds. The Morgan fingerprint density at radius 2 is 1.75 bits per heavy atom. The van der Waals surface area contributed by atoms with Crippen LogP contribution in [0.15, 0.2) is 71.4 Å². The Labute approximate surface area is 208 Å². The zero-order valence-electron chi connectivity index (χ0n) is 18.5. The van der Waals surface area contributed by atoms with E-state index in [9.17, 15) is 25.0 Å². The number of carbonyl (C=O) groups is 1. The smallest absolute Gasteiger partial charge is 0.363 e. The molecule has 3 aromatic rings. The number of nitro groups is 2. The van der Waals surface area contributed by atoms with Crippen molar-refractivity contribution in [2.45, 2.75) is 6.61 Å². The Hall–Kier alpha value is -4.77. The van der Waals surface area contributed by atoms with Gasteiger partial charge in [-0.2, -0.15) is 0 Å². The molecule has 0 fully saturated rings. The van der Waals surface area contributed by atoms with Crippen LogP contribution >= 0.6 is 11.6 Å². The minimum absolute atomic E-state index is 0.000595. The van der Waals surface area contributed by atoms with Gasteiger partial charge in [0.2, 0.25) is 5.90 Å². The summed E-state index contributed by atoms with van der Waals surface area (Å²) in [5.74, 6) is -0.215. The SMILES string of the molecule is COc1cccc(/C=C2\N=C(c3ccc([N+](=O)[O-])cc3Cl)OC2=O)c1OCc1cccc([N+](=O)[O-])c1. The van der Waals surface area contributed by atoms with E-state index in [1.54, 1.807) is 30.3 Å². The summed E-state index contributed by atoms with van der Waals surface area (Å²) < 4.78 is 16.5. The largest absolute Gasteiger partial charge is 0.493 e. The van der Waals surface area contributed by atoms with Crippen molar-refractivity contribution >= 4 is 40.9 Å². The van der Waals surface area contributed by atoms with Crippen LogP contribution in [0, 0.1) is 20.2 Å². The average Bonchev–Trinajstić information content (AvgIpc) is 3.22. The first-order chi connectivity index (χ1) is 17.3. The highest BCUT2D eigenvalue weighted by atomic mass is 35.5. The first kappa shape index (κ1) is 24.4. The van der Waals surface area contributed by atoms with Gasteiger partial charge in [0, 0.05) is 29.8 Å². The number of hydrogen-bond donors (Lipinski definition) is 0. The fourth-order valence-corrected chi connectivity index (χ4v) is 3.60. The van der Waals surface area contributed by atoms with Gasteiger partial charge in [0.25, 0.3) is 11.4 Å². The maximum atomic E-state index is 12.5. The van der Waals surface area contributed by atoms with Gasteiger partial charge in [0.1, 0.15) is 6.61 Å². The fraction of sp³-hybridized carbons (Fsp3) is 0.0833. The molecule has 0 spiro atoms. The minimum atomic E-state index is -0.758. The summed E-state index contributed by atoms with van der Waals surface area (Å²) in [4.78, 5) is 37.6. The number of nitro benzene ring substituents is 2. The molecule has 0 saturated carbocycles. The van der Waals surface area contributed by atoms with Crippen molar-refractivity contribution in [3.05, 3.63) is 108 Å². The topological polar surface area (TPSA) is 143 Å². The zero-order valence-corrected chi connectivity index (χ0v) is 19.3. The van der Waals surface area contributed by atoms with Crippen LogP contribution in [0.4, 0.5) is 11.4 Å². The molecule has 182 valence electrons. The van der Waals surface area contributed by atoms with Crippen molar-refractivity contribution in [3.8, 4) is 11.5 Å². The second kappa shape index (κ2) is 10.2. The molecule has 11 nitrogen and oxygen atoms in total. The molecule has 0 bridgehead atoms. The van der Waals surface area contributed by atoms with Gasteiger partial charge in [-0.05, 0) is 23.8 Å². The van der Waals surface area contributed by atoms with E-state index in [0.717, 1.165) is 6.07 Å². The lowest BCUT2D eigenvalue weighted by Crippen LogP contribution is -2.06. The number of rotatable bonds is 8. The third-order valence-electron chi connectivity index (χ3n) is 5.04. The molecule has 0 unspecified atom stereocenters. The number of hydrogen-bond acceptors (Lipinski definition) is 9. The van der Waals surface area contributed by atoms with Crippen molar-refractivity contribution in [2.75, 3.05) is 7.11 Å². The van der Waals surface area contributed by atoms with E-state index in [4.69, 9.17) is 25.8 Å². The number of methoxy groups -OCH3 is 1. The molecule has 36 heavy (non-hydrogen) atoms. The molecule has 4 rings (SSSR count). The van der Waals surface area contributed by atoms with E-state index in [1.807, 2.05) is 0 Å². The second-order valence-electron chi connectivity index (χ2n) is 7.35. The van der Waals surface area contributed by atoms with Crippen molar-refractivity contribution in [2.24, 2.45) is 4.99 Å². The molecule has 0 N–H and O–H groups in total. The standard InChI is InChI=1S/C24H16ClN3O8/c1-34-21-7-3-5-15(22(21)35-13-14-4-2-6-16(10-14)27(30)31)11-20-24(29)36-23(26-20)18-9-8-17(28(32)33)12-19(18)25/h2-12H,13H2,1H3/b20-11-. The van der Waals surface area contributed by atoms with Gasteiger partial charge in [0.15, 0.2) is 17.2 Å². The van der Waals surface area contributed by atoms with Gasteiger partial charge < -0.3 is 14.2 Å². The van der Waals surface area contributed by atoms with Crippen molar-refractivity contribution < 1.29 is 28.9 Å². The van der Waals surface area contributed by atoms with Gasteiger partial charge in [-0.25, -0.2) is 9.79 Å². The molecule has 1 aliphatic heterocycles. The van der Waals surface area contributed by atoms with Crippen LogP contribution in [0.2, 0.25) is 5.02 Å². The number of carbonyl (C=O) groups excluding carboxylic acids is 1. The van der Waals surface area contributed by atoms with Crippen molar-refractivity contribution in [1.82, 2.24) is 0 Å². The Morgan fingerprint density at radius 1 is 1.03 bits per heavy atom. The summed E-state index contributed by atoms with van der Waals surface area (Å²) in [6.07, 6.45) is 1.43. The first-order valence-electron chi connectivity index (χ1n) is 10.3. The predicted molar refractivity (Wildman–Crippen MR) is 129 cm³/mol. The van der Waals surface area contributed by atoms with E-state index in [0.29, 0.717) is 16.9 Å². The average molecular weight is 510 g/mol. The van der Waals surface area contributed by atoms with E-state index < -0.39 is 15.8 Å². The highest BCUT2D eigenvalue weighted by Gasteiger charge is 2.27. The Balaban J connectivity index is 1.65. The number of cyclic esters (lactones) is 1. The summed E-state index contributed by atoms with van der Waals surface area (Å²) in [6.45, 7) is -0.00437. The third kappa shape index (κ3) is 5.15. The van der Waals surface area contributed by atoms with Gasteiger partial charge in [-0.15, -0.1) is 0 Å². The molecular formula is C24H16ClN3O8. The lowest BCUT2D eigenvalue weighted by Gasteiger charge is -2.13. The molecule has 0 aromatic heterocycles. The second-order valence-corrected chi connectivity index (χ2v) is 7.76. The molecule has 0 saturated heterocycles. The fourth-order valence-electron chi connectivity index (χ4n) is 3.34. The van der Waals surface area contributed by atoms with E-state index in [2.05, 4.69) is 4.99 Å². The lowest BCUT2D eigenvalue weighted by atomic mass is 10.1. The van der Waals surface area contributed by atoms with E-state index >= 15 is 0 Å². The number of aliphatic imine (C=N–C) groups is 1. The highest BCUT2D eigenvalue weighted by molar-refractivity contribution is 6.34. The maximum Gasteiger partial charge on any atom is 0.363 e. The number of halogens is 1. The van der Waals surface area contributed by atoms with Gasteiger partial charge >= 0.3 is 5.97 Å². The number of nitrogens with zero attached hydrogens (tertiary/aromatic N) is 3. The minimum Gasteiger partial charge on any atom is -0.493 e. The molecule has 1 heterocycles. The summed E-state index contributed by atoms with van der Waals surface area (Å²) in [5, 5.41) is 22.0. The van der Waals surface area contributed by atoms with Crippen LogP contribution in [0.1, 0.15) is 16.7 Å². The maximum absolute atomic E-state index is 12.5. The van der Waals surface area contributed by atoms with Gasteiger partial charge in [0.05, 0.1) is 27.5 Å². The third-order valence-corrected chi connectivity index (χ3v) is 5.35. The quantitative estimate of drug-likeness (QED) is 0.177. The number of esters is 1. The number of ether oxygens (including phenoxy) is 3. The molecular weight excluding hydrogens is 494 g/mol. The molecule has 12 heteroatoms. The molecule has 0 atom stereocenters. The van der Waals surface area contributed by atoms with Crippen molar-refractivity contribution in [1.29, 1.82) is 0 Å². The normalized spacial score (nSPS) is 13.8. The van der Waals surface area contributed by atoms with E-state index in [1.165, 1.54) is 37.5 Å². The molecule has 0 aliphatic carbocycles. The Bertz CT molecular complexity index is 1450. The van der Waals surface area contributed by atoms with Crippen molar-refractivity contribution in [3.63, 3.8) is 0 Å². The lowest BCUT2D eigenvalue weighted by molar-refractivity contribution is -0.385. The van der Waals surface area contributed by atoms with Gasteiger partial charge in [-0.3, -0.25) is 20.2 Å². The molecule has 0 radical (unpaired) electrons. The summed E-state index contributed by atoms with van der Waals surface area (Å²) in [5.41, 5.74) is 0.860. The van der Waals surface area contributed by atoms with Crippen LogP contribution in [0.5, 0.6) is 11.5 Å². The van der Waals surface area contributed by atoms with Crippen LogP contribution in [0.25, 0.3) is 6.08 Å². The predicted octanol–water partition coefficient (Wildman–Crippen LogP) is 5.09. The Kier molecular flexibility index (Phi) is 6.93. The van der Waals surface area contributed by atoms with Gasteiger partial charge in [-0.1, -0.05) is 35.9 Å². The van der Waals surface area contributed by atoms with E-state index in [-0.39, 0.29) is 45.9 Å². The summed E-state index contributed by atoms with van der Waals surface area (Å²) >= 11 is 6.13.